The van der Waals surface area contributed by atoms with E-state index in [0.29, 0.717) is 11.8 Å². The number of hydrogen-bond acceptors (Lipinski definition) is 2. The lowest BCUT2D eigenvalue weighted by atomic mass is 9.85. The maximum absolute atomic E-state index is 11.1. The minimum atomic E-state index is -0.306. The second kappa shape index (κ2) is 3.07. The van der Waals surface area contributed by atoms with Gasteiger partial charge in [-0.3, -0.25) is 4.79 Å². The van der Waals surface area contributed by atoms with Crippen LogP contribution >= 0.6 is 0 Å². The van der Waals surface area contributed by atoms with Gasteiger partial charge in [-0.15, -0.1) is 0 Å². The fourth-order valence-corrected chi connectivity index (χ4v) is 2.75. The number of rotatable bonds is 1. The molecule has 3 rings (SSSR count). The van der Waals surface area contributed by atoms with Crippen LogP contribution in [-0.4, -0.2) is 18.1 Å². The van der Waals surface area contributed by atoms with E-state index >= 15 is 0 Å². The van der Waals surface area contributed by atoms with Gasteiger partial charge in [0.15, 0.2) is 0 Å². The third-order valence-corrected chi connectivity index (χ3v) is 3.49. The van der Waals surface area contributed by atoms with Gasteiger partial charge in [0.05, 0.1) is 12.2 Å². The van der Waals surface area contributed by atoms with Gasteiger partial charge in [-0.2, -0.15) is 0 Å². The van der Waals surface area contributed by atoms with Crippen LogP contribution in [0.5, 0.6) is 0 Å². The molecule has 3 nitrogen and oxygen atoms in total. The van der Waals surface area contributed by atoms with E-state index in [0.717, 1.165) is 12.0 Å². The largest absolute Gasteiger partial charge is 0.366 e. The van der Waals surface area contributed by atoms with Crippen molar-refractivity contribution in [1.82, 2.24) is 0 Å². The lowest BCUT2D eigenvalue weighted by Gasteiger charge is -2.18. The number of fused-ring (bicyclic) bond motifs is 3. The van der Waals surface area contributed by atoms with Crippen molar-refractivity contribution in [1.29, 1.82) is 0 Å². The Balaban J connectivity index is 1.86. The molecule has 1 saturated heterocycles. The second-order valence-corrected chi connectivity index (χ2v) is 4.34. The number of allylic oxidation sites excluding steroid dienone is 2. The van der Waals surface area contributed by atoms with Crippen molar-refractivity contribution in [3.63, 3.8) is 0 Å². The average Bonchev–Trinajstić information content (AvgIpc) is 2.73. The molecule has 3 heteroatoms. The van der Waals surface area contributed by atoms with Crippen LogP contribution in [0.1, 0.15) is 6.42 Å². The Labute approximate surface area is 88.3 Å². The Kier molecular flexibility index (Phi) is 1.83. The van der Waals surface area contributed by atoms with Crippen LogP contribution in [0.15, 0.2) is 36.0 Å². The molecule has 0 radical (unpaired) electrons. The van der Waals surface area contributed by atoms with Crippen LogP contribution < -0.4 is 5.73 Å². The van der Waals surface area contributed by atoms with Gasteiger partial charge >= 0.3 is 0 Å². The molecule has 2 aliphatic carbocycles. The maximum Gasteiger partial charge on any atom is 0.244 e. The highest BCUT2D eigenvalue weighted by Gasteiger charge is 2.45. The van der Waals surface area contributed by atoms with Crippen LogP contribution in [0, 0.1) is 11.8 Å². The summed E-state index contributed by atoms with van der Waals surface area (Å²) in [4.78, 5) is 11.1. The zero-order valence-electron chi connectivity index (χ0n) is 8.30. The summed E-state index contributed by atoms with van der Waals surface area (Å²) in [5, 5.41) is 0. The minimum absolute atomic E-state index is 0.0786. The zero-order valence-corrected chi connectivity index (χ0v) is 8.30. The molecule has 0 aromatic heterocycles. The molecule has 4 atom stereocenters. The fourth-order valence-electron chi connectivity index (χ4n) is 2.75. The van der Waals surface area contributed by atoms with E-state index in [9.17, 15) is 4.79 Å². The van der Waals surface area contributed by atoms with Gasteiger partial charge in [0.25, 0.3) is 0 Å². The number of carbonyl (C=O) groups is 1. The molecule has 3 aliphatic rings. The smallest absolute Gasteiger partial charge is 0.244 e. The highest BCUT2D eigenvalue weighted by atomic mass is 16.5. The number of ether oxygens (including phenoxy) is 1. The van der Waals surface area contributed by atoms with Gasteiger partial charge in [0.1, 0.15) is 0 Å². The monoisotopic (exact) mass is 203 g/mol. The van der Waals surface area contributed by atoms with Crippen molar-refractivity contribution >= 4 is 5.91 Å². The molecule has 2 N–H and O–H groups in total. The number of amides is 1. The van der Waals surface area contributed by atoms with E-state index in [2.05, 4.69) is 18.2 Å². The summed E-state index contributed by atoms with van der Waals surface area (Å²) in [6, 6.07) is 0. The second-order valence-electron chi connectivity index (χ2n) is 4.34. The molecular weight excluding hydrogens is 190 g/mol. The Hall–Kier alpha value is -1.35. The molecule has 1 aliphatic heterocycles. The van der Waals surface area contributed by atoms with E-state index in [1.165, 1.54) is 0 Å². The summed E-state index contributed by atoms with van der Waals surface area (Å²) >= 11 is 0. The molecule has 4 unspecified atom stereocenters. The molecule has 0 aromatic rings. The summed E-state index contributed by atoms with van der Waals surface area (Å²) in [6.45, 7) is 0. The van der Waals surface area contributed by atoms with Crippen molar-refractivity contribution in [2.75, 3.05) is 0 Å². The quantitative estimate of drug-likeness (QED) is 0.689. The fraction of sp³-hybridized carbons (Fsp3) is 0.417. The summed E-state index contributed by atoms with van der Waals surface area (Å²) in [6.07, 6.45) is 11.3. The number of carbonyl (C=O) groups excluding carboxylic acids is 1. The first-order valence-electron chi connectivity index (χ1n) is 5.26. The Bertz CT molecular complexity index is 394. The summed E-state index contributed by atoms with van der Waals surface area (Å²) < 4.78 is 5.85. The Morgan fingerprint density at radius 1 is 1.33 bits per heavy atom. The van der Waals surface area contributed by atoms with Crippen molar-refractivity contribution < 1.29 is 9.53 Å². The predicted molar refractivity (Wildman–Crippen MR) is 55.8 cm³/mol. The van der Waals surface area contributed by atoms with Crippen molar-refractivity contribution in [2.24, 2.45) is 17.6 Å². The SMILES string of the molecule is NC(=O)C1=CC2OC3C=CC=CC3C2C1. The number of nitrogens with two attached hydrogens (primary N) is 1. The molecule has 78 valence electrons. The lowest BCUT2D eigenvalue weighted by Crippen LogP contribution is -2.20. The number of hydrogen-bond donors (Lipinski definition) is 1. The summed E-state index contributed by atoms with van der Waals surface area (Å²) in [5.41, 5.74) is 6.00. The van der Waals surface area contributed by atoms with Crippen LogP contribution in [0.2, 0.25) is 0 Å². The first kappa shape index (κ1) is 8.92. The standard InChI is InChI=1S/C12H13NO2/c13-12(14)7-5-9-8-3-1-2-4-10(8)15-11(9)6-7/h1-4,6,8-11H,5H2,(H2,13,14). The zero-order chi connectivity index (χ0) is 10.4. The molecule has 15 heavy (non-hydrogen) atoms. The highest BCUT2D eigenvalue weighted by Crippen LogP contribution is 2.44. The summed E-state index contributed by atoms with van der Waals surface area (Å²) in [7, 11) is 0. The summed E-state index contributed by atoms with van der Waals surface area (Å²) in [5.74, 6) is 0.506. The first-order valence-corrected chi connectivity index (χ1v) is 5.26. The van der Waals surface area contributed by atoms with E-state index < -0.39 is 0 Å². The van der Waals surface area contributed by atoms with Crippen LogP contribution in [0.25, 0.3) is 0 Å². The number of primary amides is 1. The minimum Gasteiger partial charge on any atom is -0.366 e. The van der Waals surface area contributed by atoms with Gasteiger partial charge in [-0.1, -0.05) is 24.3 Å². The van der Waals surface area contributed by atoms with Gasteiger partial charge in [-0.25, -0.2) is 0 Å². The molecular formula is C12H13NO2. The molecule has 1 heterocycles. The molecule has 0 aromatic carbocycles. The Morgan fingerprint density at radius 3 is 2.93 bits per heavy atom. The average molecular weight is 203 g/mol. The van der Waals surface area contributed by atoms with Gasteiger partial charge in [-0.05, 0) is 12.5 Å². The van der Waals surface area contributed by atoms with Crippen LogP contribution in [-0.2, 0) is 9.53 Å². The Morgan fingerprint density at radius 2 is 2.13 bits per heavy atom. The maximum atomic E-state index is 11.1. The molecule has 0 saturated carbocycles. The predicted octanol–water partition coefficient (Wildman–Crippen LogP) is 0.928. The molecule has 0 spiro atoms. The van der Waals surface area contributed by atoms with Gasteiger partial charge in [0.2, 0.25) is 5.91 Å². The normalized spacial score (nSPS) is 41.2. The lowest BCUT2D eigenvalue weighted by molar-refractivity contribution is -0.114. The van der Waals surface area contributed by atoms with Crippen molar-refractivity contribution in [2.45, 2.75) is 18.6 Å². The molecule has 0 bridgehead atoms. The van der Waals surface area contributed by atoms with Crippen molar-refractivity contribution in [3.05, 3.63) is 36.0 Å². The molecule has 1 amide bonds. The first-order chi connectivity index (χ1) is 7.25. The van der Waals surface area contributed by atoms with E-state index in [4.69, 9.17) is 10.5 Å². The highest BCUT2D eigenvalue weighted by molar-refractivity contribution is 5.92. The van der Waals surface area contributed by atoms with E-state index in [1.54, 1.807) is 0 Å². The van der Waals surface area contributed by atoms with Crippen LogP contribution in [0.4, 0.5) is 0 Å². The van der Waals surface area contributed by atoms with Crippen molar-refractivity contribution in [3.8, 4) is 0 Å². The molecule has 1 fully saturated rings. The topological polar surface area (TPSA) is 52.3 Å². The third-order valence-electron chi connectivity index (χ3n) is 3.49. The third kappa shape index (κ3) is 1.27. The van der Waals surface area contributed by atoms with E-state index in [1.807, 2.05) is 12.2 Å². The van der Waals surface area contributed by atoms with Crippen LogP contribution in [0.3, 0.4) is 0 Å². The van der Waals surface area contributed by atoms with Gasteiger partial charge < -0.3 is 10.5 Å². The van der Waals surface area contributed by atoms with E-state index in [-0.39, 0.29) is 18.1 Å². The van der Waals surface area contributed by atoms with Gasteiger partial charge in [0, 0.05) is 17.4 Å².